The van der Waals surface area contributed by atoms with Gasteiger partial charge in [0.25, 0.3) is 0 Å². The molecule has 0 unspecified atom stereocenters. The highest BCUT2D eigenvalue weighted by atomic mass is 35.5. The van der Waals surface area contributed by atoms with Crippen LogP contribution in [0, 0.1) is 0 Å². The summed E-state index contributed by atoms with van der Waals surface area (Å²) >= 11 is 6.57. The molecule has 28 heavy (non-hydrogen) atoms. The average Bonchev–Trinajstić information content (AvgIpc) is 2.95. The summed E-state index contributed by atoms with van der Waals surface area (Å²) < 4.78 is 5.28. The fourth-order valence-electron chi connectivity index (χ4n) is 3.16. The number of allylic oxidation sites excluding steroid dienone is 5. The molecule has 1 aliphatic carbocycles. The van der Waals surface area contributed by atoms with E-state index in [1.807, 2.05) is 37.4 Å². The van der Waals surface area contributed by atoms with Gasteiger partial charge in [0.1, 0.15) is 11.5 Å². The Hall–Kier alpha value is -2.69. The fourth-order valence-corrected chi connectivity index (χ4v) is 3.40. The normalized spacial score (nSPS) is 13.7. The van der Waals surface area contributed by atoms with Crippen LogP contribution in [-0.4, -0.2) is 30.3 Å². The van der Waals surface area contributed by atoms with E-state index in [-0.39, 0.29) is 0 Å². The Bertz CT molecular complexity index is 947. The maximum Gasteiger partial charge on any atom is 0.168 e. The molecule has 1 aliphatic rings. The molecule has 0 aliphatic heterocycles. The van der Waals surface area contributed by atoms with Crippen molar-refractivity contribution in [2.24, 2.45) is 0 Å². The third-order valence-corrected chi connectivity index (χ3v) is 5.00. The minimum atomic E-state index is 0.479. The number of pyridine rings is 1. The molecule has 0 N–H and O–H groups in total. The summed E-state index contributed by atoms with van der Waals surface area (Å²) in [5.74, 6) is 0.837. The van der Waals surface area contributed by atoms with E-state index in [0.29, 0.717) is 18.8 Å². The molecule has 1 heterocycles. The second-order valence-corrected chi connectivity index (χ2v) is 7.12. The summed E-state index contributed by atoms with van der Waals surface area (Å²) in [6.07, 6.45) is 11.3. The summed E-state index contributed by atoms with van der Waals surface area (Å²) in [5.41, 5.74) is 4.72. The van der Waals surface area contributed by atoms with Gasteiger partial charge in [0, 0.05) is 24.3 Å². The van der Waals surface area contributed by atoms with Crippen molar-refractivity contribution in [3.63, 3.8) is 0 Å². The first-order chi connectivity index (χ1) is 13.6. The minimum Gasteiger partial charge on any atom is -0.497 e. The fraction of sp³-hybridized carbons (Fsp3) is 0.217. The van der Waals surface area contributed by atoms with Crippen LogP contribution < -0.4 is 0 Å². The molecule has 2 aromatic rings. The van der Waals surface area contributed by atoms with Crippen LogP contribution in [0.4, 0.5) is 0 Å². The number of carbonyl (C=O) groups excluding carboxylic acids is 1. The van der Waals surface area contributed by atoms with E-state index >= 15 is 0 Å². The maximum absolute atomic E-state index is 11.1. The predicted molar refractivity (Wildman–Crippen MR) is 113 cm³/mol. The van der Waals surface area contributed by atoms with Gasteiger partial charge in [-0.3, -0.25) is 14.7 Å². The van der Waals surface area contributed by atoms with Crippen LogP contribution in [0.3, 0.4) is 0 Å². The molecular formula is C23H23ClN2O2. The standard InChI is InChI=1S/C23H23ClN2O2/c1-26(15-20-6-4-12-25-23(20)16-27)14-19-9-8-18(13-22(19)24)17-5-3-7-21(28-2)11-10-17/h3-4,6-13,16H,5,14-15H2,1-2H3. The SMILES string of the molecule is COC1=CC=C(c2ccc(CN(C)Cc3cccnc3C=O)c(Cl)c2)CC=C1. The molecule has 4 nitrogen and oxygen atoms in total. The van der Waals surface area contributed by atoms with Gasteiger partial charge in [-0.25, -0.2) is 0 Å². The number of hydrogen-bond acceptors (Lipinski definition) is 4. The lowest BCUT2D eigenvalue weighted by Crippen LogP contribution is -2.18. The molecule has 0 atom stereocenters. The molecular weight excluding hydrogens is 372 g/mol. The van der Waals surface area contributed by atoms with Crippen molar-refractivity contribution < 1.29 is 9.53 Å². The topological polar surface area (TPSA) is 42.4 Å². The Morgan fingerprint density at radius 1 is 1.21 bits per heavy atom. The van der Waals surface area contributed by atoms with Gasteiger partial charge in [-0.1, -0.05) is 42.0 Å². The number of hydrogen-bond donors (Lipinski definition) is 0. The molecule has 0 radical (unpaired) electrons. The van der Waals surface area contributed by atoms with Crippen molar-refractivity contribution in [1.82, 2.24) is 9.88 Å². The quantitative estimate of drug-likeness (QED) is 0.616. The first-order valence-electron chi connectivity index (χ1n) is 9.08. The molecule has 0 saturated heterocycles. The number of rotatable bonds is 7. The van der Waals surface area contributed by atoms with Crippen molar-refractivity contribution in [2.45, 2.75) is 19.5 Å². The Morgan fingerprint density at radius 3 is 2.79 bits per heavy atom. The Labute approximate surface area is 170 Å². The van der Waals surface area contributed by atoms with Gasteiger partial charge < -0.3 is 4.74 Å². The van der Waals surface area contributed by atoms with Gasteiger partial charge in [-0.05, 0) is 60.0 Å². The number of carbonyl (C=O) groups is 1. The van der Waals surface area contributed by atoms with Crippen molar-refractivity contribution in [2.75, 3.05) is 14.2 Å². The average molecular weight is 395 g/mol. The first kappa shape index (κ1) is 20.1. The lowest BCUT2D eigenvalue weighted by atomic mass is 10.0. The molecule has 0 saturated carbocycles. The Kier molecular flexibility index (Phi) is 6.80. The molecule has 0 spiro atoms. The lowest BCUT2D eigenvalue weighted by Gasteiger charge is -2.19. The van der Waals surface area contributed by atoms with Crippen LogP contribution in [0.15, 0.2) is 66.6 Å². The number of halogens is 1. The van der Waals surface area contributed by atoms with Crippen LogP contribution in [0.2, 0.25) is 5.02 Å². The summed E-state index contributed by atoms with van der Waals surface area (Å²) in [6.45, 7) is 1.31. The highest BCUT2D eigenvalue weighted by molar-refractivity contribution is 6.31. The van der Waals surface area contributed by atoms with E-state index in [0.717, 1.165) is 40.2 Å². The van der Waals surface area contributed by atoms with Gasteiger partial charge >= 0.3 is 0 Å². The summed E-state index contributed by atoms with van der Waals surface area (Å²) in [4.78, 5) is 17.4. The Balaban J connectivity index is 1.72. The largest absolute Gasteiger partial charge is 0.497 e. The summed E-state index contributed by atoms with van der Waals surface area (Å²) in [7, 11) is 3.67. The number of ether oxygens (including phenoxy) is 1. The van der Waals surface area contributed by atoms with E-state index in [4.69, 9.17) is 16.3 Å². The number of aromatic nitrogens is 1. The van der Waals surface area contributed by atoms with Gasteiger partial charge in [0.15, 0.2) is 6.29 Å². The van der Waals surface area contributed by atoms with Crippen LogP contribution in [-0.2, 0) is 17.8 Å². The maximum atomic E-state index is 11.1. The zero-order chi connectivity index (χ0) is 19.9. The van der Waals surface area contributed by atoms with Crippen molar-refractivity contribution in [3.8, 4) is 0 Å². The number of aldehydes is 1. The number of benzene rings is 1. The molecule has 0 amide bonds. The predicted octanol–water partition coefficient (Wildman–Crippen LogP) is 5.05. The van der Waals surface area contributed by atoms with E-state index in [1.54, 1.807) is 13.3 Å². The van der Waals surface area contributed by atoms with Gasteiger partial charge in [0.05, 0.1) is 7.11 Å². The highest BCUT2D eigenvalue weighted by Crippen LogP contribution is 2.27. The third-order valence-electron chi connectivity index (χ3n) is 4.65. The zero-order valence-electron chi connectivity index (χ0n) is 16.1. The van der Waals surface area contributed by atoms with E-state index in [9.17, 15) is 4.79 Å². The van der Waals surface area contributed by atoms with Gasteiger partial charge in [0.2, 0.25) is 0 Å². The molecule has 5 heteroatoms. The molecule has 0 bridgehead atoms. The van der Waals surface area contributed by atoms with Gasteiger partial charge in [-0.15, -0.1) is 0 Å². The summed E-state index contributed by atoms with van der Waals surface area (Å²) in [5, 5.41) is 0.733. The zero-order valence-corrected chi connectivity index (χ0v) is 16.8. The van der Waals surface area contributed by atoms with Crippen LogP contribution >= 0.6 is 11.6 Å². The number of nitrogens with zero attached hydrogens (tertiary/aromatic N) is 2. The molecule has 1 aromatic heterocycles. The Morgan fingerprint density at radius 2 is 2.04 bits per heavy atom. The first-order valence-corrected chi connectivity index (χ1v) is 9.46. The molecule has 0 fully saturated rings. The second kappa shape index (κ2) is 9.49. The van der Waals surface area contributed by atoms with Crippen LogP contribution in [0.5, 0.6) is 0 Å². The number of methoxy groups -OCH3 is 1. The van der Waals surface area contributed by atoms with Crippen LogP contribution in [0.25, 0.3) is 5.57 Å². The lowest BCUT2D eigenvalue weighted by molar-refractivity contribution is 0.111. The van der Waals surface area contributed by atoms with Crippen molar-refractivity contribution in [1.29, 1.82) is 0 Å². The molecule has 144 valence electrons. The smallest absolute Gasteiger partial charge is 0.168 e. The third kappa shape index (κ3) is 4.97. The molecule has 1 aromatic carbocycles. The van der Waals surface area contributed by atoms with Gasteiger partial charge in [-0.2, -0.15) is 0 Å². The van der Waals surface area contributed by atoms with E-state index < -0.39 is 0 Å². The summed E-state index contributed by atoms with van der Waals surface area (Å²) in [6, 6.07) is 9.94. The monoisotopic (exact) mass is 394 g/mol. The van der Waals surface area contributed by atoms with Crippen molar-refractivity contribution >= 4 is 23.5 Å². The second-order valence-electron chi connectivity index (χ2n) is 6.72. The van der Waals surface area contributed by atoms with E-state index in [1.165, 1.54) is 5.57 Å². The van der Waals surface area contributed by atoms with E-state index in [2.05, 4.69) is 34.2 Å². The van der Waals surface area contributed by atoms with Crippen LogP contribution in [0.1, 0.15) is 33.6 Å². The minimum absolute atomic E-state index is 0.479. The van der Waals surface area contributed by atoms with Crippen molar-refractivity contribution in [3.05, 3.63) is 94.0 Å². The molecule has 3 rings (SSSR count). The highest BCUT2D eigenvalue weighted by Gasteiger charge is 2.11.